The average molecular weight is 300 g/mol. The topological polar surface area (TPSA) is 76.1 Å². The van der Waals surface area contributed by atoms with Gasteiger partial charge in [0.15, 0.2) is 0 Å². The van der Waals surface area contributed by atoms with Gasteiger partial charge in [-0.1, -0.05) is 6.07 Å². The molecule has 1 amide bonds. The molecule has 1 aromatic heterocycles. The van der Waals surface area contributed by atoms with Gasteiger partial charge in [-0.3, -0.25) is 4.79 Å². The Balaban J connectivity index is 2.07. The molecular formula is C16H20N4O2. The maximum absolute atomic E-state index is 12.3. The highest BCUT2D eigenvalue weighted by Gasteiger charge is 2.09. The molecule has 0 aliphatic rings. The van der Waals surface area contributed by atoms with E-state index in [-0.39, 0.29) is 5.91 Å². The maximum atomic E-state index is 12.3. The van der Waals surface area contributed by atoms with E-state index in [0.717, 1.165) is 16.8 Å². The van der Waals surface area contributed by atoms with Crippen molar-refractivity contribution >= 4 is 17.4 Å². The summed E-state index contributed by atoms with van der Waals surface area (Å²) < 4.78 is 4.96. The number of aromatic nitrogens is 2. The van der Waals surface area contributed by atoms with E-state index in [9.17, 15) is 4.79 Å². The van der Waals surface area contributed by atoms with Gasteiger partial charge >= 0.3 is 0 Å². The summed E-state index contributed by atoms with van der Waals surface area (Å²) in [6.07, 6.45) is 1.37. The number of carbonyl (C=O) groups is 1. The molecule has 0 saturated carbocycles. The van der Waals surface area contributed by atoms with Crippen molar-refractivity contribution in [1.82, 2.24) is 9.97 Å². The molecule has 0 bridgehead atoms. The van der Waals surface area contributed by atoms with E-state index in [1.807, 2.05) is 26.0 Å². The molecule has 116 valence electrons. The molecule has 0 atom stereocenters. The quantitative estimate of drug-likeness (QED) is 0.801. The first-order valence-corrected chi connectivity index (χ1v) is 7.03. The Morgan fingerprint density at radius 2 is 1.86 bits per heavy atom. The Labute approximate surface area is 129 Å². The Morgan fingerprint density at radius 3 is 2.55 bits per heavy atom. The van der Waals surface area contributed by atoms with Crippen LogP contribution in [0.2, 0.25) is 0 Å². The number of hydrogen-bond acceptors (Lipinski definition) is 5. The van der Waals surface area contributed by atoms with Crippen molar-refractivity contribution in [2.75, 3.05) is 30.9 Å². The lowest BCUT2D eigenvalue weighted by molar-refractivity contribution is 0.102. The SMILES string of the molecule is COCCNc1cc(C(=O)Nc2cc(C)cc(C)c2)ncn1. The van der Waals surface area contributed by atoms with Crippen molar-refractivity contribution in [3.63, 3.8) is 0 Å². The smallest absolute Gasteiger partial charge is 0.274 e. The number of hydrogen-bond donors (Lipinski definition) is 2. The van der Waals surface area contributed by atoms with Crippen LogP contribution >= 0.6 is 0 Å². The van der Waals surface area contributed by atoms with E-state index >= 15 is 0 Å². The van der Waals surface area contributed by atoms with Crippen LogP contribution in [-0.4, -0.2) is 36.1 Å². The molecule has 0 saturated heterocycles. The zero-order valence-corrected chi connectivity index (χ0v) is 13.0. The first-order valence-electron chi connectivity index (χ1n) is 7.03. The number of aryl methyl sites for hydroxylation is 2. The fourth-order valence-electron chi connectivity index (χ4n) is 2.10. The van der Waals surface area contributed by atoms with Crippen LogP contribution in [0, 0.1) is 13.8 Å². The third-order valence-corrected chi connectivity index (χ3v) is 2.99. The fourth-order valence-corrected chi connectivity index (χ4v) is 2.10. The summed E-state index contributed by atoms with van der Waals surface area (Å²) in [5.74, 6) is 0.333. The van der Waals surface area contributed by atoms with Crippen LogP contribution in [0.1, 0.15) is 21.6 Å². The number of methoxy groups -OCH3 is 1. The van der Waals surface area contributed by atoms with E-state index in [2.05, 4.69) is 26.7 Å². The van der Waals surface area contributed by atoms with E-state index in [0.29, 0.717) is 24.7 Å². The van der Waals surface area contributed by atoms with Gasteiger partial charge in [-0.15, -0.1) is 0 Å². The lowest BCUT2D eigenvalue weighted by Gasteiger charge is -2.08. The molecule has 0 aliphatic heterocycles. The molecular weight excluding hydrogens is 280 g/mol. The molecule has 6 heteroatoms. The van der Waals surface area contributed by atoms with Gasteiger partial charge in [-0.25, -0.2) is 9.97 Å². The van der Waals surface area contributed by atoms with Crippen LogP contribution < -0.4 is 10.6 Å². The molecule has 1 heterocycles. The normalized spacial score (nSPS) is 10.3. The standard InChI is InChI=1S/C16H20N4O2/c1-11-6-12(2)8-13(7-11)20-16(21)14-9-15(19-10-18-14)17-4-5-22-3/h6-10H,4-5H2,1-3H3,(H,20,21)(H,17,18,19). The van der Waals surface area contributed by atoms with Gasteiger partial charge in [0.2, 0.25) is 0 Å². The van der Waals surface area contributed by atoms with Crippen LogP contribution in [0.3, 0.4) is 0 Å². The second kappa shape index (κ2) is 7.51. The number of carbonyl (C=O) groups excluding carboxylic acids is 1. The van der Waals surface area contributed by atoms with Gasteiger partial charge in [0.25, 0.3) is 5.91 Å². The zero-order chi connectivity index (χ0) is 15.9. The minimum atomic E-state index is -0.262. The summed E-state index contributed by atoms with van der Waals surface area (Å²) in [5.41, 5.74) is 3.27. The lowest BCUT2D eigenvalue weighted by Crippen LogP contribution is -2.15. The number of amides is 1. The molecule has 0 fully saturated rings. The number of benzene rings is 1. The van der Waals surface area contributed by atoms with Gasteiger partial charge in [-0.05, 0) is 37.1 Å². The monoisotopic (exact) mass is 300 g/mol. The van der Waals surface area contributed by atoms with Crippen molar-refractivity contribution in [2.45, 2.75) is 13.8 Å². The Hall–Kier alpha value is -2.47. The van der Waals surface area contributed by atoms with Gasteiger partial charge in [-0.2, -0.15) is 0 Å². The first-order chi connectivity index (χ1) is 10.6. The third kappa shape index (κ3) is 4.53. The molecule has 0 radical (unpaired) electrons. The molecule has 2 aromatic rings. The molecule has 2 N–H and O–H groups in total. The number of nitrogens with zero attached hydrogens (tertiary/aromatic N) is 2. The third-order valence-electron chi connectivity index (χ3n) is 2.99. The van der Waals surface area contributed by atoms with Crippen LogP contribution in [0.4, 0.5) is 11.5 Å². The number of anilines is 2. The van der Waals surface area contributed by atoms with E-state index < -0.39 is 0 Å². The highest BCUT2D eigenvalue weighted by Crippen LogP contribution is 2.15. The molecule has 2 rings (SSSR count). The first kappa shape index (κ1) is 15.9. The number of rotatable bonds is 6. The highest BCUT2D eigenvalue weighted by atomic mass is 16.5. The van der Waals surface area contributed by atoms with E-state index in [1.165, 1.54) is 6.33 Å². The van der Waals surface area contributed by atoms with Crippen LogP contribution in [0.15, 0.2) is 30.6 Å². The number of ether oxygens (including phenoxy) is 1. The van der Waals surface area contributed by atoms with Crippen LogP contribution in [0.5, 0.6) is 0 Å². The molecule has 22 heavy (non-hydrogen) atoms. The summed E-state index contributed by atoms with van der Waals surface area (Å²) >= 11 is 0. The van der Waals surface area contributed by atoms with E-state index in [4.69, 9.17) is 4.74 Å². The molecule has 0 spiro atoms. The van der Waals surface area contributed by atoms with E-state index in [1.54, 1.807) is 13.2 Å². The summed E-state index contributed by atoms with van der Waals surface area (Å²) in [5, 5.41) is 5.92. The van der Waals surface area contributed by atoms with Gasteiger partial charge in [0.1, 0.15) is 17.8 Å². The minimum absolute atomic E-state index is 0.262. The Morgan fingerprint density at radius 1 is 1.14 bits per heavy atom. The van der Waals surface area contributed by atoms with Gasteiger partial charge in [0.05, 0.1) is 6.61 Å². The summed E-state index contributed by atoms with van der Waals surface area (Å²) in [6, 6.07) is 7.51. The summed E-state index contributed by atoms with van der Waals surface area (Å²) in [7, 11) is 1.63. The number of nitrogens with one attached hydrogen (secondary N) is 2. The maximum Gasteiger partial charge on any atom is 0.274 e. The largest absolute Gasteiger partial charge is 0.383 e. The van der Waals surface area contributed by atoms with Crippen molar-refractivity contribution in [1.29, 1.82) is 0 Å². The second-order valence-electron chi connectivity index (χ2n) is 5.04. The Bertz CT molecular complexity index is 638. The Kier molecular flexibility index (Phi) is 5.43. The van der Waals surface area contributed by atoms with Crippen molar-refractivity contribution in [3.05, 3.63) is 47.4 Å². The van der Waals surface area contributed by atoms with Gasteiger partial charge < -0.3 is 15.4 Å². The predicted molar refractivity (Wildman–Crippen MR) is 86.3 cm³/mol. The minimum Gasteiger partial charge on any atom is -0.383 e. The van der Waals surface area contributed by atoms with Crippen molar-refractivity contribution < 1.29 is 9.53 Å². The lowest BCUT2D eigenvalue weighted by atomic mass is 10.1. The second-order valence-corrected chi connectivity index (χ2v) is 5.04. The van der Waals surface area contributed by atoms with Crippen LogP contribution in [0.25, 0.3) is 0 Å². The predicted octanol–water partition coefficient (Wildman–Crippen LogP) is 2.40. The zero-order valence-electron chi connectivity index (χ0n) is 13.0. The highest BCUT2D eigenvalue weighted by molar-refractivity contribution is 6.03. The summed E-state index contributed by atoms with van der Waals surface area (Å²) in [4.78, 5) is 20.4. The average Bonchev–Trinajstić information content (AvgIpc) is 2.47. The van der Waals surface area contributed by atoms with Crippen molar-refractivity contribution in [3.8, 4) is 0 Å². The summed E-state index contributed by atoms with van der Waals surface area (Å²) in [6.45, 7) is 5.16. The fraction of sp³-hybridized carbons (Fsp3) is 0.312. The molecule has 6 nitrogen and oxygen atoms in total. The van der Waals surface area contributed by atoms with Crippen molar-refractivity contribution in [2.24, 2.45) is 0 Å². The molecule has 0 unspecified atom stereocenters. The van der Waals surface area contributed by atoms with Crippen LogP contribution in [-0.2, 0) is 4.74 Å². The molecule has 0 aliphatic carbocycles. The van der Waals surface area contributed by atoms with Gasteiger partial charge in [0, 0.05) is 25.4 Å². The molecule has 1 aromatic carbocycles.